The fraction of sp³-hybridized carbons (Fsp3) is 1.00. The normalized spacial score (nSPS) is 8.57. The van der Waals surface area contributed by atoms with Gasteiger partial charge < -0.3 is 0 Å². The molecule has 0 saturated carbocycles. The van der Waals surface area contributed by atoms with Crippen LogP contribution in [0.3, 0.4) is 0 Å². The van der Waals surface area contributed by atoms with Crippen LogP contribution in [0.4, 0.5) is 9.41 Å². The smallest absolute Gasteiger partial charge is 0.0481 e. The number of rotatable bonds is 0. The standard InChI is InChI=1S/C4H12P.2FH/c1-5(2,3)4;;/h1-4H3;2*1H/q+1;;. The summed E-state index contributed by atoms with van der Waals surface area (Å²) in [6, 6.07) is 0. The average molecular weight is 131 g/mol. The molecule has 0 atom stereocenters. The molecule has 0 aromatic rings. The molecule has 7 heavy (non-hydrogen) atoms. The van der Waals surface area contributed by atoms with Crippen LogP contribution in [0.2, 0.25) is 0 Å². The molecule has 0 rings (SSSR count). The van der Waals surface area contributed by atoms with Crippen molar-refractivity contribution in [2.45, 2.75) is 0 Å². The van der Waals surface area contributed by atoms with Crippen LogP contribution in [-0.4, -0.2) is 26.7 Å². The molecule has 0 aromatic carbocycles. The third-order valence-corrected chi connectivity index (χ3v) is 0. The fourth-order valence-electron chi connectivity index (χ4n) is 0. The molecule has 0 aliphatic heterocycles. The lowest BCUT2D eigenvalue weighted by Gasteiger charge is -1.97. The number of halogens is 2. The summed E-state index contributed by atoms with van der Waals surface area (Å²) in [6.07, 6.45) is 0. The minimum Gasteiger partial charge on any atom is -0.269 e. The quantitative estimate of drug-likeness (QED) is 0.440. The Morgan fingerprint density at radius 2 is 0.714 bits per heavy atom. The zero-order chi connectivity index (χ0) is 4.50. The molecule has 0 unspecified atom stereocenters. The van der Waals surface area contributed by atoms with E-state index in [-0.39, 0.29) is 16.7 Å². The van der Waals surface area contributed by atoms with E-state index in [1.54, 1.807) is 0 Å². The highest BCUT2D eigenvalue weighted by Gasteiger charge is 2.03. The summed E-state index contributed by atoms with van der Waals surface area (Å²) < 4.78 is 0. The first-order valence-corrected chi connectivity index (χ1v) is 5.37. The van der Waals surface area contributed by atoms with E-state index < -0.39 is 0 Å². The van der Waals surface area contributed by atoms with Gasteiger partial charge in [-0.25, -0.2) is 0 Å². The van der Waals surface area contributed by atoms with Crippen molar-refractivity contribution in [3.8, 4) is 0 Å². The monoisotopic (exact) mass is 131 g/mol. The summed E-state index contributed by atoms with van der Waals surface area (Å²) >= 11 is 0. The van der Waals surface area contributed by atoms with E-state index in [9.17, 15) is 0 Å². The molecular formula is C4H14F2P+. The van der Waals surface area contributed by atoms with Crippen LogP contribution in [0.25, 0.3) is 0 Å². The van der Waals surface area contributed by atoms with Gasteiger partial charge in [0.05, 0.1) is 0 Å². The molecule has 0 radical (unpaired) electrons. The van der Waals surface area contributed by atoms with Gasteiger partial charge in [0.15, 0.2) is 0 Å². The SMILES string of the molecule is C[P+](C)(C)C.F.F. The number of hydrogen-bond donors (Lipinski definition) is 0. The van der Waals surface area contributed by atoms with Gasteiger partial charge in [0.2, 0.25) is 0 Å². The lowest BCUT2D eigenvalue weighted by molar-refractivity contribution is 1.11. The van der Waals surface area contributed by atoms with Crippen molar-refractivity contribution < 1.29 is 9.41 Å². The molecule has 3 heteroatoms. The molecule has 0 nitrogen and oxygen atoms in total. The Kier molecular flexibility index (Phi) is 9.96. The Morgan fingerprint density at radius 1 is 0.714 bits per heavy atom. The van der Waals surface area contributed by atoms with E-state index in [1.165, 1.54) is 0 Å². The van der Waals surface area contributed by atoms with Crippen LogP contribution >= 0.6 is 7.26 Å². The van der Waals surface area contributed by atoms with Gasteiger partial charge in [-0.1, -0.05) is 0 Å². The maximum absolute atomic E-state index is 2.30. The Bertz CT molecular complexity index is 25.2. The minimum absolute atomic E-state index is 0. The van der Waals surface area contributed by atoms with Gasteiger partial charge in [-0.3, -0.25) is 9.41 Å². The maximum atomic E-state index is 2.30. The van der Waals surface area contributed by atoms with E-state index in [0.717, 1.165) is 0 Å². The molecule has 0 amide bonds. The molecule has 0 spiro atoms. The van der Waals surface area contributed by atoms with E-state index in [0.29, 0.717) is 0 Å². The largest absolute Gasteiger partial charge is 0.269 e. The molecule has 0 fully saturated rings. The average Bonchev–Trinajstić information content (AvgIpc) is 0.722. The predicted octanol–water partition coefficient (Wildman–Crippen LogP) is 1.83. The van der Waals surface area contributed by atoms with Gasteiger partial charge in [-0.05, 0) is 0 Å². The highest BCUT2D eigenvalue weighted by Crippen LogP contribution is 2.40. The zero-order valence-corrected chi connectivity index (χ0v) is 6.16. The third-order valence-electron chi connectivity index (χ3n) is 0. The Balaban J connectivity index is -0.0000000800. The lowest BCUT2D eigenvalue weighted by atomic mass is 11.8. The van der Waals surface area contributed by atoms with Gasteiger partial charge in [0, 0.05) is 33.9 Å². The minimum atomic E-state index is -0.389. The Labute approximate surface area is 44.4 Å². The van der Waals surface area contributed by atoms with Crippen molar-refractivity contribution in [2.24, 2.45) is 0 Å². The summed E-state index contributed by atoms with van der Waals surface area (Å²) in [6.45, 7) is 9.19. The summed E-state index contributed by atoms with van der Waals surface area (Å²) in [5.41, 5.74) is 0. The summed E-state index contributed by atoms with van der Waals surface area (Å²) in [7, 11) is -0.389. The second kappa shape index (κ2) is 4.45. The fourth-order valence-corrected chi connectivity index (χ4v) is 0. The first kappa shape index (κ1) is 15.7. The molecule has 0 heterocycles. The predicted molar refractivity (Wildman–Crippen MR) is 35.6 cm³/mol. The summed E-state index contributed by atoms with van der Waals surface area (Å²) in [4.78, 5) is 0. The van der Waals surface area contributed by atoms with Crippen molar-refractivity contribution in [1.82, 2.24) is 0 Å². The van der Waals surface area contributed by atoms with Crippen molar-refractivity contribution in [3.63, 3.8) is 0 Å². The van der Waals surface area contributed by atoms with Crippen molar-refractivity contribution in [1.29, 1.82) is 0 Å². The molecule has 0 bridgehead atoms. The van der Waals surface area contributed by atoms with Crippen LogP contribution < -0.4 is 0 Å². The van der Waals surface area contributed by atoms with Crippen molar-refractivity contribution in [3.05, 3.63) is 0 Å². The van der Waals surface area contributed by atoms with Gasteiger partial charge >= 0.3 is 0 Å². The van der Waals surface area contributed by atoms with E-state index in [1.807, 2.05) is 0 Å². The lowest BCUT2D eigenvalue weighted by Crippen LogP contribution is -1.74. The molecule has 0 N–H and O–H groups in total. The molecule has 0 aliphatic rings. The van der Waals surface area contributed by atoms with Crippen LogP contribution in [0, 0.1) is 0 Å². The Morgan fingerprint density at radius 3 is 0.714 bits per heavy atom. The summed E-state index contributed by atoms with van der Waals surface area (Å²) in [5.74, 6) is 0. The van der Waals surface area contributed by atoms with Crippen LogP contribution in [0.1, 0.15) is 0 Å². The van der Waals surface area contributed by atoms with E-state index in [2.05, 4.69) is 26.7 Å². The van der Waals surface area contributed by atoms with Gasteiger partial charge in [-0.15, -0.1) is 0 Å². The van der Waals surface area contributed by atoms with E-state index >= 15 is 0 Å². The molecule has 0 aromatic heterocycles. The van der Waals surface area contributed by atoms with Crippen LogP contribution in [-0.2, 0) is 0 Å². The van der Waals surface area contributed by atoms with Crippen molar-refractivity contribution >= 4 is 7.26 Å². The van der Waals surface area contributed by atoms with Crippen LogP contribution in [0.5, 0.6) is 0 Å². The first-order chi connectivity index (χ1) is 2.00. The second-order valence-electron chi connectivity index (χ2n) is 2.68. The van der Waals surface area contributed by atoms with Gasteiger partial charge in [-0.2, -0.15) is 0 Å². The highest BCUT2D eigenvalue weighted by atomic mass is 31.2. The maximum Gasteiger partial charge on any atom is 0.0481 e. The second-order valence-corrected chi connectivity index (χ2v) is 8.05. The molecule has 0 aliphatic carbocycles. The van der Waals surface area contributed by atoms with Gasteiger partial charge in [0.25, 0.3) is 0 Å². The van der Waals surface area contributed by atoms with Crippen LogP contribution in [0.15, 0.2) is 0 Å². The first-order valence-electron chi connectivity index (χ1n) is 1.79. The molecule has 48 valence electrons. The summed E-state index contributed by atoms with van der Waals surface area (Å²) in [5, 5.41) is 0. The zero-order valence-electron chi connectivity index (χ0n) is 5.26. The van der Waals surface area contributed by atoms with E-state index in [4.69, 9.17) is 0 Å². The number of hydrogen-bond acceptors (Lipinski definition) is 0. The van der Waals surface area contributed by atoms with Crippen molar-refractivity contribution in [2.75, 3.05) is 26.7 Å². The topological polar surface area (TPSA) is 0 Å². The molecule has 0 saturated heterocycles. The molecular weight excluding hydrogens is 117 g/mol. The third kappa shape index (κ3) is 1380. The highest BCUT2D eigenvalue weighted by molar-refractivity contribution is 7.72. The Hall–Kier alpha value is 0.290. The van der Waals surface area contributed by atoms with Gasteiger partial charge in [0.1, 0.15) is 0 Å².